The Hall–Kier alpha value is -1.13. The smallest absolute Gasteiger partial charge is 0.162 e. The fourth-order valence-corrected chi connectivity index (χ4v) is 4.12. The molecule has 0 spiro atoms. The molecule has 2 aromatic heterocycles. The minimum Gasteiger partial charge on any atom is -0.459 e. The van der Waals surface area contributed by atoms with Gasteiger partial charge in [0.15, 0.2) is 10.8 Å². The zero-order chi connectivity index (χ0) is 14.3. The lowest BCUT2D eigenvalue weighted by Crippen LogP contribution is -2.32. The lowest BCUT2D eigenvalue weighted by atomic mass is 9.76. The minimum atomic E-state index is 0.310. The van der Waals surface area contributed by atoms with Gasteiger partial charge in [0.25, 0.3) is 0 Å². The Bertz CT molecular complexity index is 612. The van der Waals surface area contributed by atoms with Crippen molar-refractivity contribution in [2.45, 2.75) is 46.6 Å². The Labute approximate surface area is 124 Å². The molecule has 0 aliphatic heterocycles. The van der Waals surface area contributed by atoms with Gasteiger partial charge in [-0.25, -0.2) is 4.98 Å². The van der Waals surface area contributed by atoms with Crippen LogP contribution in [0, 0.1) is 12.3 Å². The molecule has 4 heteroatoms. The summed E-state index contributed by atoms with van der Waals surface area (Å²) in [4.78, 5) is 6.25. The van der Waals surface area contributed by atoms with E-state index in [1.807, 2.05) is 19.1 Å². The number of hydrogen-bond donors (Lipinski definition) is 1. The van der Waals surface area contributed by atoms with E-state index in [1.54, 1.807) is 11.3 Å². The van der Waals surface area contributed by atoms with Crippen LogP contribution in [-0.4, -0.2) is 11.5 Å². The van der Waals surface area contributed by atoms with Gasteiger partial charge in [0.1, 0.15) is 5.76 Å². The zero-order valence-corrected chi connectivity index (χ0v) is 13.4. The van der Waals surface area contributed by atoms with E-state index in [0.29, 0.717) is 11.5 Å². The summed E-state index contributed by atoms with van der Waals surface area (Å²) in [5.41, 5.74) is 1.56. The normalized spacial score (nSPS) is 20.9. The monoisotopic (exact) mass is 290 g/mol. The lowest BCUT2D eigenvalue weighted by Gasteiger charge is -2.34. The molecule has 2 heterocycles. The first-order valence-corrected chi connectivity index (χ1v) is 8.10. The topological polar surface area (TPSA) is 38.1 Å². The fourth-order valence-electron chi connectivity index (χ4n) is 3.00. The molecule has 108 valence electrons. The summed E-state index contributed by atoms with van der Waals surface area (Å²) in [7, 11) is 0. The summed E-state index contributed by atoms with van der Waals surface area (Å²) in [6, 6.07) is 4.45. The van der Waals surface area contributed by atoms with E-state index in [-0.39, 0.29) is 0 Å². The van der Waals surface area contributed by atoms with Gasteiger partial charge in [-0.2, -0.15) is 0 Å². The third-order valence-corrected chi connectivity index (χ3v) is 5.07. The van der Waals surface area contributed by atoms with Crippen LogP contribution in [0.25, 0.3) is 10.8 Å². The second-order valence-electron chi connectivity index (χ2n) is 6.40. The summed E-state index contributed by atoms with van der Waals surface area (Å²) in [5, 5.41) is 4.62. The molecule has 0 saturated heterocycles. The standard InChI is InChI=1S/C16H22N2OS/c1-5-17-11-8-16(3,4)9-12-14(11)20-15(18-12)13-7-6-10(2)19-13/h6-7,11,17H,5,8-9H2,1-4H3. The summed E-state index contributed by atoms with van der Waals surface area (Å²) >= 11 is 1.78. The van der Waals surface area contributed by atoms with Gasteiger partial charge < -0.3 is 9.73 Å². The molecule has 3 nitrogen and oxygen atoms in total. The third-order valence-electron chi connectivity index (χ3n) is 3.85. The van der Waals surface area contributed by atoms with E-state index in [1.165, 1.54) is 17.0 Å². The number of aromatic nitrogens is 1. The van der Waals surface area contributed by atoms with E-state index in [4.69, 9.17) is 9.40 Å². The van der Waals surface area contributed by atoms with Crippen molar-refractivity contribution in [1.29, 1.82) is 0 Å². The van der Waals surface area contributed by atoms with Gasteiger partial charge in [0, 0.05) is 10.9 Å². The van der Waals surface area contributed by atoms with Gasteiger partial charge in [-0.05, 0) is 43.9 Å². The van der Waals surface area contributed by atoms with Gasteiger partial charge in [-0.3, -0.25) is 0 Å². The number of aryl methyl sites for hydroxylation is 1. The first kappa shape index (κ1) is 13.8. The van der Waals surface area contributed by atoms with Crippen molar-refractivity contribution < 1.29 is 4.42 Å². The maximum absolute atomic E-state index is 5.72. The number of thiazole rings is 1. The molecule has 20 heavy (non-hydrogen) atoms. The van der Waals surface area contributed by atoms with Crippen LogP contribution in [-0.2, 0) is 6.42 Å². The Morgan fingerprint density at radius 3 is 2.90 bits per heavy atom. The highest BCUT2D eigenvalue weighted by Gasteiger charge is 2.35. The van der Waals surface area contributed by atoms with Crippen molar-refractivity contribution in [2.75, 3.05) is 6.54 Å². The highest BCUT2D eigenvalue weighted by Crippen LogP contribution is 2.44. The van der Waals surface area contributed by atoms with Crippen molar-refractivity contribution in [2.24, 2.45) is 5.41 Å². The molecule has 1 unspecified atom stereocenters. The largest absolute Gasteiger partial charge is 0.459 e. The van der Waals surface area contributed by atoms with Gasteiger partial charge >= 0.3 is 0 Å². The predicted octanol–water partition coefficient (Wildman–Crippen LogP) is 4.33. The van der Waals surface area contributed by atoms with E-state index >= 15 is 0 Å². The Kier molecular flexibility index (Phi) is 3.46. The molecule has 0 radical (unpaired) electrons. The van der Waals surface area contributed by atoms with Crippen LogP contribution in [0.3, 0.4) is 0 Å². The fraction of sp³-hybridized carbons (Fsp3) is 0.562. The predicted molar refractivity (Wildman–Crippen MR) is 83.1 cm³/mol. The summed E-state index contributed by atoms with van der Waals surface area (Å²) in [6.07, 6.45) is 2.23. The minimum absolute atomic E-state index is 0.310. The van der Waals surface area contributed by atoms with Gasteiger partial charge in [0.2, 0.25) is 0 Å². The van der Waals surface area contributed by atoms with Crippen LogP contribution >= 0.6 is 11.3 Å². The molecule has 1 N–H and O–H groups in total. The molecule has 0 amide bonds. The highest BCUT2D eigenvalue weighted by molar-refractivity contribution is 7.15. The van der Waals surface area contributed by atoms with E-state index in [0.717, 1.165) is 29.5 Å². The summed E-state index contributed by atoms with van der Waals surface area (Å²) in [5.74, 6) is 1.84. The molecule has 1 atom stereocenters. The van der Waals surface area contributed by atoms with Crippen LogP contribution in [0.15, 0.2) is 16.5 Å². The van der Waals surface area contributed by atoms with Crippen molar-refractivity contribution in [3.63, 3.8) is 0 Å². The van der Waals surface area contributed by atoms with Gasteiger partial charge in [-0.15, -0.1) is 11.3 Å². The summed E-state index contributed by atoms with van der Waals surface area (Å²) < 4.78 is 5.72. The lowest BCUT2D eigenvalue weighted by molar-refractivity contribution is 0.260. The van der Waals surface area contributed by atoms with E-state index < -0.39 is 0 Å². The molecule has 0 fully saturated rings. The van der Waals surface area contributed by atoms with Crippen LogP contribution in [0.1, 0.15) is 49.6 Å². The molecule has 0 bridgehead atoms. The second-order valence-corrected chi connectivity index (χ2v) is 7.43. The molecule has 1 aliphatic carbocycles. The molecular weight excluding hydrogens is 268 g/mol. The van der Waals surface area contributed by atoms with Gasteiger partial charge in [-0.1, -0.05) is 20.8 Å². The molecule has 1 aliphatic rings. The van der Waals surface area contributed by atoms with Crippen LogP contribution in [0.4, 0.5) is 0 Å². The maximum atomic E-state index is 5.72. The molecular formula is C16H22N2OS. The van der Waals surface area contributed by atoms with Gasteiger partial charge in [0.05, 0.1) is 5.69 Å². The first-order chi connectivity index (χ1) is 9.48. The average Bonchev–Trinajstić information content (AvgIpc) is 2.94. The number of hydrogen-bond acceptors (Lipinski definition) is 4. The van der Waals surface area contributed by atoms with Crippen LogP contribution in [0.2, 0.25) is 0 Å². The third kappa shape index (κ3) is 2.54. The Balaban J connectivity index is 1.99. The second kappa shape index (κ2) is 5.01. The Morgan fingerprint density at radius 1 is 1.45 bits per heavy atom. The van der Waals surface area contributed by atoms with E-state index in [9.17, 15) is 0 Å². The number of rotatable bonds is 3. The van der Waals surface area contributed by atoms with Crippen molar-refractivity contribution in [3.8, 4) is 10.8 Å². The zero-order valence-electron chi connectivity index (χ0n) is 12.6. The molecule has 0 saturated carbocycles. The first-order valence-electron chi connectivity index (χ1n) is 7.28. The maximum Gasteiger partial charge on any atom is 0.162 e. The molecule has 2 aromatic rings. The van der Waals surface area contributed by atoms with E-state index in [2.05, 4.69) is 26.1 Å². The SMILES string of the molecule is CCNC1CC(C)(C)Cc2nc(-c3ccc(C)o3)sc21. The summed E-state index contributed by atoms with van der Waals surface area (Å²) in [6.45, 7) is 9.79. The van der Waals surface area contributed by atoms with Crippen LogP contribution < -0.4 is 5.32 Å². The van der Waals surface area contributed by atoms with Crippen LogP contribution in [0.5, 0.6) is 0 Å². The average molecular weight is 290 g/mol. The Morgan fingerprint density at radius 2 is 2.25 bits per heavy atom. The number of nitrogens with zero attached hydrogens (tertiary/aromatic N) is 1. The van der Waals surface area contributed by atoms with Crippen molar-refractivity contribution in [3.05, 3.63) is 28.5 Å². The number of fused-ring (bicyclic) bond motifs is 1. The van der Waals surface area contributed by atoms with Crippen molar-refractivity contribution >= 4 is 11.3 Å². The number of furan rings is 1. The highest BCUT2D eigenvalue weighted by atomic mass is 32.1. The number of nitrogens with one attached hydrogen (secondary N) is 1. The molecule has 3 rings (SSSR count). The van der Waals surface area contributed by atoms with Crippen molar-refractivity contribution in [1.82, 2.24) is 10.3 Å². The quantitative estimate of drug-likeness (QED) is 0.914. The molecule has 0 aromatic carbocycles.